The van der Waals surface area contributed by atoms with Gasteiger partial charge in [0.25, 0.3) is 0 Å². The minimum atomic E-state index is -1.03. The van der Waals surface area contributed by atoms with E-state index < -0.39 is 27.8 Å². The van der Waals surface area contributed by atoms with E-state index in [4.69, 9.17) is 4.74 Å². The van der Waals surface area contributed by atoms with Crippen LogP contribution >= 0.6 is 0 Å². The van der Waals surface area contributed by atoms with E-state index in [0.717, 1.165) is 0 Å². The maximum absolute atomic E-state index is 10.9. The SMILES string of the molecule is COc1ccc(C(C(C)[N+](=O)[O-])C(C)[N+](=O)[O-])cc1. The van der Waals surface area contributed by atoms with Gasteiger partial charge in [0.1, 0.15) is 11.7 Å². The monoisotopic (exact) mass is 268 g/mol. The second-order valence-electron chi connectivity index (χ2n) is 4.35. The van der Waals surface area contributed by atoms with Gasteiger partial charge in [0.05, 0.1) is 7.11 Å². The van der Waals surface area contributed by atoms with Crippen molar-refractivity contribution in [2.24, 2.45) is 0 Å². The Morgan fingerprint density at radius 2 is 1.42 bits per heavy atom. The Morgan fingerprint density at radius 1 is 1.00 bits per heavy atom. The number of hydrogen-bond acceptors (Lipinski definition) is 5. The highest BCUT2D eigenvalue weighted by Crippen LogP contribution is 2.28. The molecule has 0 bridgehead atoms. The summed E-state index contributed by atoms with van der Waals surface area (Å²) in [6.07, 6.45) is 0. The molecule has 0 radical (unpaired) electrons. The third-order valence-electron chi connectivity index (χ3n) is 3.21. The van der Waals surface area contributed by atoms with E-state index in [0.29, 0.717) is 11.3 Å². The van der Waals surface area contributed by atoms with Crippen LogP contribution in [-0.2, 0) is 0 Å². The van der Waals surface area contributed by atoms with Crippen molar-refractivity contribution in [1.82, 2.24) is 0 Å². The molecule has 0 spiro atoms. The Kier molecular flexibility index (Phi) is 4.80. The molecular weight excluding hydrogens is 252 g/mol. The second-order valence-corrected chi connectivity index (χ2v) is 4.35. The van der Waals surface area contributed by atoms with Crippen LogP contribution in [0, 0.1) is 20.2 Å². The maximum Gasteiger partial charge on any atom is 0.223 e. The molecule has 0 N–H and O–H groups in total. The van der Waals surface area contributed by atoms with Crippen molar-refractivity contribution >= 4 is 0 Å². The average Bonchev–Trinajstić information content (AvgIpc) is 2.39. The molecule has 7 heteroatoms. The van der Waals surface area contributed by atoms with E-state index in [-0.39, 0.29) is 0 Å². The van der Waals surface area contributed by atoms with Crippen molar-refractivity contribution in [1.29, 1.82) is 0 Å². The normalized spacial score (nSPS) is 15.3. The van der Waals surface area contributed by atoms with Crippen LogP contribution in [0.2, 0.25) is 0 Å². The van der Waals surface area contributed by atoms with Crippen LogP contribution in [0.4, 0.5) is 0 Å². The lowest BCUT2D eigenvalue weighted by atomic mass is 9.87. The molecule has 19 heavy (non-hydrogen) atoms. The molecule has 1 rings (SSSR count). The first-order valence-electron chi connectivity index (χ1n) is 5.79. The molecule has 0 aliphatic heterocycles. The van der Waals surface area contributed by atoms with Crippen molar-refractivity contribution in [3.05, 3.63) is 50.1 Å². The van der Waals surface area contributed by atoms with Crippen LogP contribution in [0.5, 0.6) is 5.75 Å². The molecule has 7 nitrogen and oxygen atoms in total. The summed E-state index contributed by atoms with van der Waals surface area (Å²) in [6.45, 7) is 2.77. The molecule has 0 saturated carbocycles. The standard InChI is InChI=1S/C12H16N2O5/c1-8(13(15)16)12(9(2)14(17)18)10-4-6-11(19-3)7-5-10/h4-9,12H,1-3H3. The van der Waals surface area contributed by atoms with Crippen molar-refractivity contribution < 1.29 is 14.6 Å². The van der Waals surface area contributed by atoms with Crippen molar-refractivity contribution in [3.63, 3.8) is 0 Å². The van der Waals surface area contributed by atoms with E-state index in [9.17, 15) is 20.2 Å². The lowest BCUT2D eigenvalue weighted by molar-refractivity contribution is -0.561. The molecule has 0 aromatic heterocycles. The van der Waals surface area contributed by atoms with E-state index in [1.54, 1.807) is 24.3 Å². The molecule has 2 atom stereocenters. The van der Waals surface area contributed by atoms with Crippen molar-refractivity contribution in [2.75, 3.05) is 7.11 Å². The summed E-state index contributed by atoms with van der Waals surface area (Å²) < 4.78 is 5.00. The molecule has 0 fully saturated rings. The number of hydrogen-bond donors (Lipinski definition) is 0. The third kappa shape index (κ3) is 3.40. The number of rotatable bonds is 6. The summed E-state index contributed by atoms with van der Waals surface area (Å²) in [5.74, 6) is -0.180. The average molecular weight is 268 g/mol. The van der Waals surface area contributed by atoms with Gasteiger partial charge in [0.15, 0.2) is 0 Å². The van der Waals surface area contributed by atoms with Crippen LogP contribution in [0.1, 0.15) is 25.3 Å². The van der Waals surface area contributed by atoms with Crippen LogP contribution in [0.3, 0.4) is 0 Å². The van der Waals surface area contributed by atoms with Gasteiger partial charge < -0.3 is 4.74 Å². The molecule has 0 heterocycles. The topological polar surface area (TPSA) is 95.5 Å². The lowest BCUT2D eigenvalue weighted by Gasteiger charge is -2.19. The number of methoxy groups -OCH3 is 1. The highest BCUT2D eigenvalue weighted by molar-refractivity contribution is 5.30. The van der Waals surface area contributed by atoms with Crippen LogP contribution < -0.4 is 4.74 Å². The Labute approximate surface area is 110 Å². The Balaban J connectivity index is 3.14. The minimum absolute atomic E-state index is 0.491. The van der Waals surface area contributed by atoms with Gasteiger partial charge in [-0.3, -0.25) is 20.2 Å². The van der Waals surface area contributed by atoms with Crippen LogP contribution in [-0.4, -0.2) is 29.0 Å². The molecule has 0 amide bonds. The van der Waals surface area contributed by atoms with E-state index >= 15 is 0 Å². The third-order valence-corrected chi connectivity index (χ3v) is 3.21. The minimum Gasteiger partial charge on any atom is -0.497 e. The number of nitro groups is 2. The quantitative estimate of drug-likeness (QED) is 0.581. The molecule has 1 aromatic carbocycles. The number of ether oxygens (including phenoxy) is 1. The fourth-order valence-electron chi connectivity index (χ4n) is 2.05. The fraction of sp³-hybridized carbons (Fsp3) is 0.500. The zero-order chi connectivity index (χ0) is 14.6. The Bertz CT molecular complexity index is 440. The highest BCUT2D eigenvalue weighted by Gasteiger charge is 2.39. The highest BCUT2D eigenvalue weighted by atomic mass is 16.6. The fourth-order valence-corrected chi connectivity index (χ4v) is 2.05. The van der Waals surface area contributed by atoms with Crippen LogP contribution in [0.25, 0.3) is 0 Å². The van der Waals surface area contributed by atoms with E-state index in [2.05, 4.69) is 0 Å². The van der Waals surface area contributed by atoms with Gasteiger partial charge in [-0.05, 0) is 17.7 Å². The van der Waals surface area contributed by atoms with Crippen molar-refractivity contribution in [2.45, 2.75) is 31.8 Å². The molecule has 1 aromatic rings. The van der Waals surface area contributed by atoms with Gasteiger partial charge in [-0.1, -0.05) is 12.1 Å². The predicted molar refractivity (Wildman–Crippen MR) is 68.6 cm³/mol. The Hall–Kier alpha value is -2.18. The number of nitrogens with zero attached hydrogens (tertiary/aromatic N) is 2. The summed E-state index contributed by atoms with van der Waals surface area (Å²) >= 11 is 0. The van der Waals surface area contributed by atoms with Gasteiger partial charge in [-0.25, -0.2) is 0 Å². The Morgan fingerprint density at radius 3 is 1.74 bits per heavy atom. The predicted octanol–water partition coefficient (Wildman–Crippen LogP) is 2.11. The maximum atomic E-state index is 10.9. The largest absolute Gasteiger partial charge is 0.497 e. The molecule has 104 valence electrons. The first kappa shape index (κ1) is 14.9. The molecule has 0 aliphatic carbocycles. The first-order chi connectivity index (χ1) is 8.88. The van der Waals surface area contributed by atoms with E-state index in [1.165, 1.54) is 21.0 Å². The second kappa shape index (κ2) is 6.12. The molecule has 0 saturated heterocycles. The summed E-state index contributed by atoms with van der Waals surface area (Å²) in [7, 11) is 1.51. The summed E-state index contributed by atoms with van der Waals surface area (Å²) in [6, 6.07) is 4.47. The molecule has 0 aliphatic rings. The van der Waals surface area contributed by atoms with Gasteiger partial charge in [-0.2, -0.15) is 0 Å². The molecular formula is C12H16N2O5. The van der Waals surface area contributed by atoms with Gasteiger partial charge in [0, 0.05) is 23.7 Å². The summed E-state index contributed by atoms with van der Waals surface area (Å²) in [5, 5.41) is 21.8. The number of benzene rings is 1. The lowest BCUT2D eigenvalue weighted by Crippen LogP contribution is -2.35. The van der Waals surface area contributed by atoms with Crippen molar-refractivity contribution in [3.8, 4) is 5.75 Å². The van der Waals surface area contributed by atoms with Crippen LogP contribution in [0.15, 0.2) is 24.3 Å². The summed E-state index contributed by atoms with van der Waals surface area (Å²) in [4.78, 5) is 20.9. The summed E-state index contributed by atoms with van der Waals surface area (Å²) in [5.41, 5.74) is 0.564. The zero-order valence-corrected chi connectivity index (χ0v) is 11.0. The van der Waals surface area contributed by atoms with E-state index in [1.807, 2.05) is 0 Å². The smallest absolute Gasteiger partial charge is 0.223 e. The van der Waals surface area contributed by atoms with Gasteiger partial charge in [0.2, 0.25) is 12.1 Å². The van der Waals surface area contributed by atoms with Gasteiger partial charge in [-0.15, -0.1) is 0 Å². The zero-order valence-electron chi connectivity index (χ0n) is 11.0. The first-order valence-corrected chi connectivity index (χ1v) is 5.79. The van der Waals surface area contributed by atoms with Gasteiger partial charge >= 0.3 is 0 Å². The molecule has 2 unspecified atom stereocenters.